The first-order valence-electron chi connectivity index (χ1n) is 8.77. The number of halogens is 3. The molecule has 3 rings (SSSR count). The lowest BCUT2D eigenvalue weighted by atomic mass is 10.0. The van der Waals surface area contributed by atoms with Crippen LogP contribution in [-0.4, -0.2) is 62.8 Å². The predicted octanol–water partition coefficient (Wildman–Crippen LogP) is 2.21. The Labute approximate surface area is 159 Å². The van der Waals surface area contributed by atoms with Gasteiger partial charge in [0.25, 0.3) is 11.8 Å². The molecule has 2 amide bonds. The summed E-state index contributed by atoms with van der Waals surface area (Å²) in [7, 11) is 3.31. The van der Waals surface area contributed by atoms with Gasteiger partial charge in [0.1, 0.15) is 0 Å². The van der Waals surface area contributed by atoms with Crippen LogP contribution in [0.4, 0.5) is 13.2 Å². The molecule has 0 saturated carbocycles. The molecule has 0 unspecified atom stereocenters. The Hall–Kier alpha value is -2.91. The molecule has 0 spiro atoms. The van der Waals surface area contributed by atoms with Gasteiger partial charge in [0.2, 0.25) is 0 Å². The van der Waals surface area contributed by atoms with Gasteiger partial charge in [0.05, 0.1) is 11.8 Å². The van der Waals surface area contributed by atoms with E-state index in [-0.39, 0.29) is 29.1 Å². The number of rotatable bonds is 3. The molecular weight excluding hydrogens is 375 g/mol. The molecule has 1 aromatic heterocycles. The van der Waals surface area contributed by atoms with Gasteiger partial charge in [-0.15, -0.1) is 5.10 Å². The number of benzene rings is 1. The lowest BCUT2D eigenvalue weighted by Gasteiger charge is -2.36. The van der Waals surface area contributed by atoms with Crippen LogP contribution in [0, 0.1) is 0 Å². The van der Waals surface area contributed by atoms with Crippen molar-refractivity contribution in [3.63, 3.8) is 0 Å². The molecule has 0 radical (unpaired) electrons. The Kier molecular flexibility index (Phi) is 5.39. The Morgan fingerprint density at radius 2 is 1.75 bits per heavy atom. The standard InChI is InChI=1S/C18H20F3N5O2/c1-24-11-15(22-23-24)17(28)26-9-7-14(8-10-26)25(2)16(27)12-3-5-13(6-4-12)18(19,20)21/h3-6,11,14H,7-10H2,1-2H3. The lowest BCUT2D eigenvalue weighted by molar-refractivity contribution is -0.137. The Morgan fingerprint density at radius 1 is 1.14 bits per heavy atom. The summed E-state index contributed by atoms with van der Waals surface area (Å²) in [6.07, 6.45) is -1.73. The normalized spacial score (nSPS) is 15.5. The molecular formula is C18H20F3N5O2. The van der Waals surface area contributed by atoms with Gasteiger partial charge in [-0.2, -0.15) is 13.2 Å². The summed E-state index contributed by atoms with van der Waals surface area (Å²) in [5.74, 6) is -0.546. The molecule has 1 saturated heterocycles. The molecule has 0 aliphatic carbocycles. The maximum Gasteiger partial charge on any atom is 0.416 e. The quantitative estimate of drug-likeness (QED) is 0.799. The van der Waals surface area contributed by atoms with Crippen molar-refractivity contribution in [3.05, 3.63) is 47.3 Å². The fourth-order valence-electron chi connectivity index (χ4n) is 3.23. The van der Waals surface area contributed by atoms with Crippen molar-refractivity contribution in [1.29, 1.82) is 0 Å². The van der Waals surface area contributed by atoms with Crippen molar-refractivity contribution < 1.29 is 22.8 Å². The SMILES string of the molecule is CN(C(=O)c1ccc(C(F)(F)F)cc1)C1CCN(C(=O)c2cn(C)nn2)CC1. The molecule has 1 aliphatic rings. The molecule has 150 valence electrons. The number of piperidine rings is 1. The second kappa shape index (κ2) is 7.61. The summed E-state index contributed by atoms with van der Waals surface area (Å²) in [5.41, 5.74) is -0.314. The highest BCUT2D eigenvalue weighted by Gasteiger charge is 2.32. The summed E-state index contributed by atoms with van der Waals surface area (Å²) < 4.78 is 39.4. The number of amides is 2. The number of aryl methyl sites for hydroxylation is 1. The van der Waals surface area contributed by atoms with Crippen LogP contribution in [0.25, 0.3) is 0 Å². The van der Waals surface area contributed by atoms with Crippen LogP contribution < -0.4 is 0 Å². The number of carbonyl (C=O) groups is 2. The number of hydrogen-bond acceptors (Lipinski definition) is 4. The zero-order valence-corrected chi connectivity index (χ0v) is 15.5. The topological polar surface area (TPSA) is 71.3 Å². The minimum absolute atomic E-state index is 0.0966. The third-order valence-corrected chi connectivity index (χ3v) is 4.90. The maximum atomic E-state index is 12.7. The first kappa shape index (κ1) is 19.8. The van der Waals surface area contributed by atoms with Gasteiger partial charge in [0, 0.05) is 38.8 Å². The number of likely N-dealkylation sites (tertiary alicyclic amines) is 1. The van der Waals surface area contributed by atoms with Gasteiger partial charge >= 0.3 is 6.18 Å². The van der Waals surface area contributed by atoms with Gasteiger partial charge < -0.3 is 9.80 Å². The molecule has 2 aromatic rings. The molecule has 0 atom stereocenters. The summed E-state index contributed by atoms with van der Waals surface area (Å²) in [6.45, 7) is 0.926. The van der Waals surface area contributed by atoms with E-state index in [0.717, 1.165) is 12.1 Å². The van der Waals surface area contributed by atoms with Crippen LogP contribution in [0.5, 0.6) is 0 Å². The van der Waals surface area contributed by atoms with Gasteiger partial charge in [-0.05, 0) is 37.1 Å². The van der Waals surface area contributed by atoms with Gasteiger partial charge in [0.15, 0.2) is 5.69 Å². The lowest BCUT2D eigenvalue weighted by Crippen LogP contribution is -2.47. The highest BCUT2D eigenvalue weighted by Crippen LogP contribution is 2.29. The van der Waals surface area contributed by atoms with E-state index in [1.807, 2.05) is 0 Å². The van der Waals surface area contributed by atoms with Crippen molar-refractivity contribution in [2.75, 3.05) is 20.1 Å². The third-order valence-electron chi connectivity index (χ3n) is 4.90. The van der Waals surface area contributed by atoms with E-state index in [1.165, 1.54) is 21.7 Å². The second-order valence-corrected chi connectivity index (χ2v) is 6.79. The highest BCUT2D eigenvalue weighted by atomic mass is 19.4. The number of nitrogens with zero attached hydrogens (tertiary/aromatic N) is 5. The molecule has 1 aromatic carbocycles. The van der Waals surface area contributed by atoms with E-state index in [1.54, 1.807) is 25.2 Å². The van der Waals surface area contributed by atoms with E-state index >= 15 is 0 Å². The van der Waals surface area contributed by atoms with Crippen LogP contribution >= 0.6 is 0 Å². The van der Waals surface area contributed by atoms with Crippen molar-refractivity contribution in [2.24, 2.45) is 7.05 Å². The smallest absolute Gasteiger partial charge is 0.339 e. The fourth-order valence-corrected chi connectivity index (χ4v) is 3.23. The third kappa shape index (κ3) is 4.15. The molecule has 0 bridgehead atoms. The van der Waals surface area contributed by atoms with Crippen molar-refractivity contribution >= 4 is 11.8 Å². The molecule has 1 aliphatic heterocycles. The summed E-state index contributed by atoms with van der Waals surface area (Å²) in [4.78, 5) is 28.2. The Morgan fingerprint density at radius 3 is 2.25 bits per heavy atom. The van der Waals surface area contributed by atoms with Crippen LogP contribution in [0.1, 0.15) is 39.3 Å². The minimum atomic E-state index is -4.43. The molecule has 28 heavy (non-hydrogen) atoms. The summed E-state index contributed by atoms with van der Waals surface area (Å²) in [5, 5.41) is 7.56. The van der Waals surface area contributed by atoms with E-state index < -0.39 is 11.7 Å². The van der Waals surface area contributed by atoms with Crippen LogP contribution in [0.3, 0.4) is 0 Å². The van der Waals surface area contributed by atoms with E-state index in [2.05, 4.69) is 10.3 Å². The number of hydrogen-bond donors (Lipinski definition) is 0. The summed E-state index contributed by atoms with van der Waals surface area (Å²) >= 11 is 0. The van der Waals surface area contributed by atoms with Gasteiger partial charge in [-0.3, -0.25) is 14.3 Å². The molecule has 0 N–H and O–H groups in total. The average molecular weight is 395 g/mol. The van der Waals surface area contributed by atoms with Crippen molar-refractivity contribution in [2.45, 2.75) is 25.1 Å². The van der Waals surface area contributed by atoms with E-state index in [4.69, 9.17) is 0 Å². The molecule has 10 heteroatoms. The number of alkyl halides is 3. The Bertz CT molecular complexity index is 855. The first-order valence-corrected chi connectivity index (χ1v) is 8.77. The van der Waals surface area contributed by atoms with E-state index in [0.29, 0.717) is 25.9 Å². The predicted molar refractivity (Wildman–Crippen MR) is 93.5 cm³/mol. The van der Waals surface area contributed by atoms with Crippen molar-refractivity contribution in [3.8, 4) is 0 Å². The van der Waals surface area contributed by atoms with E-state index in [9.17, 15) is 22.8 Å². The van der Waals surface area contributed by atoms with Gasteiger partial charge in [-0.25, -0.2) is 0 Å². The average Bonchev–Trinajstić information content (AvgIpc) is 3.12. The summed E-state index contributed by atoms with van der Waals surface area (Å²) in [6, 6.07) is 4.09. The number of carbonyl (C=O) groups excluding carboxylic acids is 2. The zero-order valence-electron chi connectivity index (χ0n) is 15.5. The minimum Gasteiger partial charge on any atom is -0.339 e. The van der Waals surface area contributed by atoms with Crippen molar-refractivity contribution in [1.82, 2.24) is 24.8 Å². The molecule has 7 nitrogen and oxygen atoms in total. The monoisotopic (exact) mass is 395 g/mol. The van der Waals surface area contributed by atoms with Crippen LogP contribution in [0.2, 0.25) is 0 Å². The highest BCUT2D eigenvalue weighted by molar-refractivity contribution is 5.94. The first-order chi connectivity index (χ1) is 13.2. The second-order valence-electron chi connectivity index (χ2n) is 6.79. The fraction of sp³-hybridized carbons (Fsp3) is 0.444. The molecule has 1 fully saturated rings. The molecule has 2 heterocycles. The van der Waals surface area contributed by atoms with Gasteiger partial charge in [-0.1, -0.05) is 5.21 Å². The number of aromatic nitrogens is 3. The van der Waals surface area contributed by atoms with Crippen LogP contribution in [-0.2, 0) is 13.2 Å². The largest absolute Gasteiger partial charge is 0.416 e. The Balaban J connectivity index is 1.59. The zero-order chi connectivity index (χ0) is 20.5. The van der Waals surface area contributed by atoms with Crippen LogP contribution in [0.15, 0.2) is 30.5 Å². The maximum absolute atomic E-state index is 12.7.